The number of nitrogens with zero attached hydrogens (tertiary/aromatic N) is 3. The Kier molecular flexibility index (Phi) is 9.52. The number of fused-ring (bicyclic) bond motifs is 1. The lowest BCUT2D eigenvalue weighted by molar-refractivity contribution is -0.129. The van der Waals surface area contributed by atoms with E-state index in [-0.39, 0.29) is 53.7 Å². The molecule has 2 aromatic heterocycles. The van der Waals surface area contributed by atoms with Crippen LogP contribution in [-0.2, 0) is 28.0 Å². The van der Waals surface area contributed by atoms with Gasteiger partial charge in [-0.25, -0.2) is 18.5 Å². The van der Waals surface area contributed by atoms with Crippen LogP contribution in [0, 0.1) is 24.1 Å². The third-order valence-electron chi connectivity index (χ3n) is 6.31. The summed E-state index contributed by atoms with van der Waals surface area (Å²) in [6, 6.07) is 5.71. The van der Waals surface area contributed by atoms with E-state index in [1.165, 1.54) is 36.6 Å². The molecule has 0 unspecified atom stereocenters. The molecular formula is C28H33FN4O6S. The fourth-order valence-corrected chi connectivity index (χ4v) is 5.50. The third-order valence-corrected chi connectivity index (χ3v) is 7.60. The zero-order valence-corrected chi connectivity index (χ0v) is 24.2. The molecule has 12 heteroatoms. The summed E-state index contributed by atoms with van der Waals surface area (Å²) in [6.07, 6.45) is 0.262. The Labute approximate surface area is 234 Å². The Morgan fingerprint density at radius 3 is 2.58 bits per heavy atom. The van der Waals surface area contributed by atoms with E-state index >= 15 is 0 Å². The number of ether oxygens (including phenoxy) is 2. The zero-order valence-electron chi connectivity index (χ0n) is 23.4. The van der Waals surface area contributed by atoms with E-state index in [9.17, 15) is 23.6 Å². The van der Waals surface area contributed by atoms with Crippen molar-refractivity contribution in [1.82, 2.24) is 14.5 Å². The molecule has 214 valence electrons. The molecule has 0 atom stereocenters. The smallest absolute Gasteiger partial charge is 0.348 e. The average molecular weight is 573 g/mol. The second-order valence-electron chi connectivity index (χ2n) is 9.98. The van der Waals surface area contributed by atoms with Crippen LogP contribution in [0.5, 0.6) is 5.75 Å². The van der Waals surface area contributed by atoms with Gasteiger partial charge in [0.15, 0.2) is 0 Å². The minimum Gasteiger partial charge on any atom is -0.492 e. The summed E-state index contributed by atoms with van der Waals surface area (Å²) in [5.41, 5.74) is -2.22. The molecule has 2 heterocycles. The zero-order chi connectivity index (χ0) is 29.8. The monoisotopic (exact) mass is 572 g/mol. The van der Waals surface area contributed by atoms with Gasteiger partial charge in [-0.3, -0.25) is 14.2 Å². The first-order valence-corrected chi connectivity index (χ1v) is 13.7. The first-order valence-electron chi connectivity index (χ1n) is 12.9. The molecule has 0 bridgehead atoms. The van der Waals surface area contributed by atoms with Crippen molar-refractivity contribution in [3.63, 3.8) is 0 Å². The minimum absolute atomic E-state index is 0.0161. The lowest BCUT2D eigenvalue weighted by atomic mass is 10.0. The van der Waals surface area contributed by atoms with E-state index < -0.39 is 34.5 Å². The van der Waals surface area contributed by atoms with Gasteiger partial charge in [0.25, 0.3) is 5.56 Å². The Morgan fingerprint density at radius 1 is 1.25 bits per heavy atom. The molecule has 1 amide bonds. The molecule has 0 aliphatic rings. The van der Waals surface area contributed by atoms with Crippen molar-refractivity contribution in [3.8, 4) is 11.8 Å². The number of nitrogens with one attached hydrogen (secondary N) is 1. The normalized spacial score (nSPS) is 11.5. The SMILES string of the molecule is CCOC(=O)c1sc2c(c1C)c(=O)n(C(C)(C)C(=O)NC(C)C)c(=O)n2CCc1cc(F)ccc1OCCC#N. The first-order chi connectivity index (χ1) is 18.8. The van der Waals surface area contributed by atoms with Crippen molar-refractivity contribution < 1.29 is 23.5 Å². The molecule has 40 heavy (non-hydrogen) atoms. The predicted octanol–water partition coefficient (Wildman–Crippen LogP) is 3.64. The summed E-state index contributed by atoms with van der Waals surface area (Å²) in [6.45, 7) is 9.96. The summed E-state index contributed by atoms with van der Waals surface area (Å²) in [4.78, 5) is 54.0. The predicted molar refractivity (Wildman–Crippen MR) is 149 cm³/mol. The van der Waals surface area contributed by atoms with Gasteiger partial charge in [0.1, 0.15) is 33.4 Å². The molecule has 0 fully saturated rings. The Balaban J connectivity index is 2.24. The highest BCUT2D eigenvalue weighted by molar-refractivity contribution is 7.20. The molecule has 0 radical (unpaired) electrons. The fraction of sp³-hybridized carbons (Fsp3) is 0.464. The van der Waals surface area contributed by atoms with E-state index in [0.717, 1.165) is 15.9 Å². The quantitative estimate of drug-likeness (QED) is 0.274. The summed E-state index contributed by atoms with van der Waals surface area (Å²) >= 11 is 0.958. The van der Waals surface area contributed by atoms with Gasteiger partial charge < -0.3 is 14.8 Å². The molecule has 0 aliphatic heterocycles. The molecule has 3 rings (SSSR count). The van der Waals surface area contributed by atoms with Gasteiger partial charge in [-0.2, -0.15) is 5.26 Å². The number of halogens is 1. The Morgan fingerprint density at radius 2 is 1.95 bits per heavy atom. The van der Waals surface area contributed by atoms with Gasteiger partial charge in [-0.15, -0.1) is 11.3 Å². The number of carbonyl (C=O) groups is 2. The van der Waals surface area contributed by atoms with Crippen LogP contribution >= 0.6 is 11.3 Å². The van der Waals surface area contributed by atoms with Gasteiger partial charge in [0, 0.05) is 12.6 Å². The summed E-state index contributed by atoms with van der Waals surface area (Å²) in [5, 5.41) is 11.7. The van der Waals surface area contributed by atoms with Gasteiger partial charge in [0.05, 0.1) is 24.5 Å². The number of aromatic nitrogens is 2. The standard InChI is InChI=1S/C28H33FN4O6S/c1-7-38-25(35)22-17(4)21-23(34)33(28(5,6)26(36)31-16(2)3)27(37)32(24(21)40-22)13-11-18-15-19(29)9-10-20(18)39-14-8-12-30/h9-10,15-16H,7-8,11,13-14H2,1-6H3,(H,31,36). The van der Waals surface area contributed by atoms with E-state index in [4.69, 9.17) is 14.7 Å². The van der Waals surface area contributed by atoms with Crippen molar-refractivity contribution >= 4 is 33.4 Å². The average Bonchev–Trinajstić information content (AvgIpc) is 3.22. The number of esters is 1. The maximum absolute atomic E-state index is 14.2. The number of rotatable bonds is 11. The Hall–Kier alpha value is -3.98. The second-order valence-corrected chi connectivity index (χ2v) is 11.0. The Bertz CT molecular complexity index is 1600. The third kappa shape index (κ3) is 6.09. The van der Waals surface area contributed by atoms with Gasteiger partial charge in [-0.1, -0.05) is 0 Å². The molecule has 0 aliphatic carbocycles. The summed E-state index contributed by atoms with van der Waals surface area (Å²) < 4.78 is 27.2. The maximum Gasteiger partial charge on any atom is 0.348 e. The largest absolute Gasteiger partial charge is 0.492 e. The molecule has 3 aromatic rings. The fourth-order valence-electron chi connectivity index (χ4n) is 4.29. The minimum atomic E-state index is -1.57. The van der Waals surface area contributed by atoms with Crippen molar-refractivity contribution in [2.24, 2.45) is 0 Å². The highest BCUT2D eigenvalue weighted by Crippen LogP contribution is 2.30. The number of nitriles is 1. The van der Waals surface area contributed by atoms with Gasteiger partial charge in [-0.05, 0) is 77.3 Å². The van der Waals surface area contributed by atoms with E-state index in [0.29, 0.717) is 16.9 Å². The van der Waals surface area contributed by atoms with Crippen LogP contribution in [0.3, 0.4) is 0 Å². The van der Waals surface area contributed by atoms with E-state index in [1.807, 2.05) is 6.07 Å². The van der Waals surface area contributed by atoms with Crippen LogP contribution in [0.4, 0.5) is 4.39 Å². The molecule has 10 nitrogen and oxygen atoms in total. The molecule has 0 spiro atoms. The van der Waals surface area contributed by atoms with E-state index in [1.54, 1.807) is 27.7 Å². The number of carbonyl (C=O) groups excluding carboxylic acids is 2. The maximum atomic E-state index is 14.2. The van der Waals surface area contributed by atoms with Crippen LogP contribution in [0.1, 0.15) is 61.8 Å². The van der Waals surface area contributed by atoms with Crippen LogP contribution in [0.25, 0.3) is 10.2 Å². The second kappa shape index (κ2) is 12.5. The van der Waals surface area contributed by atoms with Crippen LogP contribution in [-0.4, -0.2) is 40.3 Å². The number of thiophene rings is 1. The molecular weight excluding hydrogens is 539 g/mol. The van der Waals surface area contributed by atoms with Crippen molar-refractivity contribution in [2.45, 2.75) is 72.5 Å². The lowest BCUT2D eigenvalue weighted by Gasteiger charge is -2.27. The number of hydrogen-bond donors (Lipinski definition) is 1. The van der Waals surface area contributed by atoms with Crippen LogP contribution in [0.15, 0.2) is 27.8 Å². The van der Waals surface area contributed by atoms with Crippen molar-refractivity contribution in [1.29, 1.82) is 5.26 Å². The van der Waals surface area contributed by atoms with E-state index in [2.05, 4.69) is 5.32 Å². The van der Waals surface area contributed by atoms with Crippen molar-refractivity contribution in [3.05, 3.63) is 60.9 Å². The van der Waals surface area contributed by atoms with Crippen molar-refractivity contribution in [2.75, 3.05) is 13.2 Å². The number of benzene rings is 1. The number of aryl methyl sites for hydroxylation is 3. The lowest BCUT2D eigenvalue weighted by Crippen LogP contribution is -2.56. The first kappa shape index (κ1) is 30.6. The van der Waals surface area contributed by atoms with Crippen LogP contribution < -0.4 is 21.3 Å². The molecule has 0 saturated heterocycles. The summed E-state index contributed by atoms with van der Waals surface area (Å²) in [5.74, 6) is -1.29. The highest BCUT2D eigenvalue weighted by atomic mass is 32.1. The topological polar surface area (TPSA) is 132 Å². The highest BCUT2D eigenvalue weighted by Gasteiger charge is 2.36. The van der Waals surface area contributed by atoms with Gasteiger partial charge in [0.2, 0.25) is 5.91 Å². The van der Waals surface area contributed by atoms with Gasteiger partial charge >= 0.3 is 11.7 Å². The van der Waals surface area contributed by atoms with Crippen LogP contribution in [0.2, 0.25) is 0 Å². The molecule has 1 N–H and O–H groups in total. The number of hydrogen-bond acceptors (Lipinski definition) is 8. The molecule has 1 aromatic carbocycles. The number of amides is 1. The molecule has 0 saturated carbocycles. The summed E-state index contributed by atoms with van der Waals surface area (Å²) in [7, 11) is 0.